The molecule has 5 atom stereocenters. The number of esters is 2. The summed E-state index contributed by atoms with van der Waals surface area (Å²) in [7, 11) is 1.45. The van der Waals surface area contributed by atoms with E-state index in [0.29, 0.717) is 6.42 Å². The lowest BCUT2D eigenvalue weighted by Gasteiger charge is -2.54. The Morgan fingerprint density at radius 2 is 2.03 bits per heavy atom. The van der Waals surface area contributed by atoms with E-state index in [1.165, 1.54) is 19.6 Å². The van der Waals surface area contributed by atoms with Crippen LogP contribution in [0.15, 0.2) is 35.5 Å². The van der Waals surface area contributed by atoms with E-state index in [9.17, 15) is 9.59 Å². The fraction of sp³-hybridized carbons (Fsp3) is 0.565. The summed E-state index contributed by atoms with van der Waals surface area (Å²) in [6.07, 6.45) is 3.34. The van der Waals surface area contributed by atoms with E-state index >= 15 is 0 Å². The number of anilines is 1. The van der Waals surface area contributed by atoms with E-state index in [4.69, 9.17) is 9.47 Å². The van der Waals surface area contributed by atoms with Gasteiger partial charge in [-0.05, 0) is 37.8 Å². The first kappa shape index (κ1) is 18.7. The largest absolute Gasteiger partial charge is 0.466 e. The minimum atomic E-state index is -0.276. The van der Waals surface area contributed by atoms with E-state index < -0.39 is 0 Å². The molecule has 0 bridgehead atoms. The Morgan fingerprint density at radius 1 is 1.24 bits per heavy atom. The molecule has 3 aliphatic heterocycles. The third-order valence-corrected chi connectivity index (χ3v) is 7.96. The van der Waals surface area contributed by atoms with Crippen LogP contribution in [0, 0.1) is 5.41 Å². The molecule has 0 aromatic heterocycles. The Balaban J connectivity index is 1.77. The number of para-hydroxylation sites is 1. The first-order chi connectivity index (χ1) is 13.9. The number of methoxy groups -OCH3 is 1. The van der Waals surface area contributed by atoms with Crippen LogP contribution >= 0.6 is 0 Å². The molecule has 4 aliphatic rings. The second-order valence-electron chi connectivity index (χ2n) is 9.09. The number of ether oxygens (including phenoxy) is 2. The van der Waals surface area contributed by atoms with Gasteiger partial charge in [0, 0.05) is 24.7 Å². The second-order valence-corrected chi connectivity index (χ2v) is 9.09. The number of nitrogens with one attached hydrogen (secondary N) is 2. The van der Waals surface area contributed by atoms with Crippen molar-refractivity contribution in [3.63, 3.8) is 0 Å². The SMILES string of the molecule is COC(=O)C1=C2Nc3ccccc3[C@]23CC[NH+]2CCC[C@](C(C)OC(C)=O)(C1)[C@@H]23. The zero-order chi connectivity index (χ0) is 20.4. The molecule has 1 spiro atoms. The van der Waals surface area contributed by atoms with Crippen molar-refractivity contribution >= 4 is 17.6 Å². The predicted octanol–water partition coefficient (Wildman–Crippen LogP) is 1.57. The lowest BCUT2D eigenvalue weighted by Crippen LogP contribution is -3.18. The zero-order valence-electron chi connectivity index (χ0n) is 17.3. The third kappa shape index (κ3) is 2.32. The van der Waals surface area contributed by atoms with Gasteiger partial charge in [-0.1, -0.05) is 18.2 Å². The lowest BCUT2D eigenvalue weighted by molar-refractivity contribution is -0.929. The number of rotatable bonds is 3. The van der Waals surface area contributed by atoms with Gasteiger partial charge in [0.1, 0.15) is 12.1 Å². The highest BCUT2D eigenvalue weighted by atomic mass is 16.5. The molecule has 2 fully saturated rings. The maximum Gasteiger partial charge on any atom is 0.335 e. The molecule has 154 valence electrons. The van der Waals surface area contributed by atoms with E-state index in [1.807, 2.05) is 13.0 Å². The molecule has 1 aromatic rings. The highest BCUT2D eigenvalue weighted by molar-refractivity contribution is 5.93. The fourth-order valence-electron chi connectivity index (χ4n) is 7.07. The molecule has 6 nitrogen and oxygen atoms in total. The van der Waals surface area contributed by atoms with Crippen molar-refractivity contribution in [2.45, 2.75) is 57.1 Å². The number of hydrogen-bond acceptors (Lipinski definition) is 5. The molecule has 0 radical (unpaired) electrons. The van der Waals surface area contributed by atoms with Crippen molar-refractivity contribution in [3.05, 3.63) is 41.1 Å². The second kappa shape index (κ2) is 6.33. The Morgan fingerprint density at radius 3 is 2.79 bits per heavy atom. The molecule has 2 saturated heterocycles. The fourth-order valence-corrected chi connectivity index (χ4v) is 7.07. The summed E-state index contributed by atoms with van der Waals surface area (Å²) in [6.45, 7) is 5.68. The monoisotopic (exact) mass is 397 g/mol. The van der Waals surface area contributed by atoms with Gasteiger partial charge < -0.3 is 19.7 Å². The molecule has 2 unspecified atom stereocenters. The summed E-state index contributed by atoms with van der Waals surface area (Å²) >= 11 is 0. The molecule has 3 heterocycles. The first-order valence-corrected chi connectivity index (χ1v) is 10.6. The molecule has 0 amide bonds. The Bertz CT molecular complexity index is 925. The standard InChI is InChI=1S/C23H28N2O4/c1-14(29-15(2)26)22-9-6-11-25-12-10-23(21(22)25)17-7-4-5-8-18(17)24-19(23)16(13-22)20(27)28-3/h4-5,7-8,14,21,24H,6,9-13H2,1-3H3/p+1/t14?,21-,22-,23-/m1/s1. The van der Waals surface area contributed by atoms with E-state index in [1.54, 1.807) is 4.90 Å². The van der Waals surface area contributed by atoms with Crippen LogP contribution in [0.5, 0.6) is 0 Å². The summed E-state index contributed by atoms with van der Waals surface area (Å²) < 4.78 is 11.1. The number of carbonyl (C=O) groups excluding carboxylic acids is 2. The van der Waals surface area contributed by atoms with Crippen LogP contribution in [-0.2, 0) is 24.5 Å². The molecule has 2 N–H and O–H groups in total. The van der Waals surface area contributed by atoms with Crippen LogP contribution < -0.4 is 10.2 Å². The first-order valence-electron chi connectivity index (χ1n) is 10.6. The minimum absolute atomic E-state index is 0.247. The summed E-state index contributed by atoms with van der Waals surface area (Å²) in [5.41, 5.74) is 3.59. The van der Waals surface area contributed by atoms with Gasteiger partial charge >= 0.3 is 11.9 Å². The average Bonchev–Trinajstić information content (AvgIpc) is 3.27. The Labute approximate surface area is 171 Å². The Kier molecular flexibility index (Phi) is 4.07. The number of hydrogen-bond donors (Lipinski definition) is 2. The summed E-state index contributed by atoms with van der Waals surface area (Å²) in [5.74, 6) is -0.531. The van der Waals surface area contributed by atoms with E-state index in [-0.39, 0.29) is 34.9 Å². The molecule has 5 rings (SSSR count). The molecule has 1 aromatic carbocycles. The van der Waals surface area contributed by atoms with Gasteiger partial charge in [-0.25, -0.2) is 4.79 Å². The molecule has 0 saturated carbocycles. The van der Waals surface area contributed by atoms with Crippen molar-refractivity contribution in [1.82, 2.24) is 0 Å². The van der Waals surface area contributed by atoms with Gasteiger partial charge in [0.25, 0.3) is 0 Å². The molecular formula is C23H29N2O4+. The summed E-state index contributed by atoms with van der Waals surface area (Å²) in [4.78, 5) is 26.4. The van der Waals surface area contributed by atoms with Crippen molar-refractivity contribution in [3.8, 4) is 0 Å². The van der Waals surface area contributed by atoms with Crippen molar-refractivity contribution in [2.24, 2.45) is 5.41 Å². The highest BCUT2D eigenvalue weighted by Gasteiger charge is 2.71. The van der Waals surface area contributed by atoms with Crippen molar-refractivity contribution < 1.29 is 24.0 Å². The zero-order valence-corrected chi connectivity index (χ0v) is 17.3. The number of quaternary nitrogens is 1. The van der Waals surface area contributed by atoms with Gasteiger partial charge in [-0.15, -0.1) is 0 Å². The Hall–Kier alpha value is -2.34. The van der Waals surface area contributed by atoms with Gasteiger partial charge in [-0.3, -0.25) is 4.79 Å². The predicted molar refractivity (Wildman–Crippen MR) is 107 cm³/mol. The highest BCUT2D eigenvalue weighted by Crippen LogP contribution is 2.61. The summed E-state index contributed by atoms with van der Waals surface area (Å²) in [6, 6.07) is 8.70. The molecule has 1 aliphatic carbocycles. The molecule has 29 heavy (non-hydrogen) atoms. The van der Waals surface area contributed by atoms with Gasteiger partial charge in [0.15, 0.2) is 0 Å². The average molecular weight is 397 g/mol. The normalized spacial score (nSPS) is 35.1. The molecular weight excluding hydrogens is 368 g/mol. The van der Waals surface area contributed by atoms with Crippen LogP contribution in [0.25, 0.3) is 0 Å². The van der Waals surface area contributed by atoms with Gasteiger partial charge in [0.05, 0.1) is 36.6 Å². The van der Waals surface area contributed by atoms with Crippen molar-refractivity contribution in [1.29, 1.82) is 0 Å². The number of fused-ring (bicyclic) bond motifs is 1. The van der Waals surface area contributed by atoms with Crippen LogP contribution in [-0.4, -0.2) is 44.3 Å². The quantitative estimate of drug-likeness (QED) is 0.758. The van der Waals surface area contributed by atoms with E-state index in [0.717, 1.165) is 49.3 Å². The van der Waals surface area contributed by atoms with Gasteiger partial charge in [-0.2, -0.15) is 0 Å². The van der Waals surface area contributed by atoms with Crippen LogP contribution in [0.3, 0.4) is 0 Å². The van der Waals surface area contributed by atoms with Gasteiger partial charge in [0.2, 0.25) is 0 Å². The van der Waals surface area contributed by atoms with Crippen LogP contribution in [0.4, 0.5) is 5.69 Å². The smallest absolute Gasteiger partial charge is 0.335 e. The maximum absolute atomic E-state index is 13.0. The third-order valence-electron chi connectivity index (χ3n) is 7.96. The van der Waals surface area contributed by atoms with Crippen molar-refractivity contribution in [2.75, 3.05) is 25.5 Å². The number of piperidine rings is 1. The maximum atomic E-state index is 13.0. The van der Waals surface area contributed by atoms with Crippen LogP contribution in [0.2, 0.25) is 0 Å². The lowest BCUT2D eigenvalue weighted by atomic mass is 9.53. The minimum Gasteiger partial charge on any atom is -0.466 e. The van der Waals surface area contributed by atoms with E-state index in [2.05, 4.69) is 23.5 Å². The molecule has 6 heteroatoms. The summed E-state index contributed by atoms with van der Waals surface area (Å²) in [5, 5.41) is 3.61. The number of benzene rings is 1. The topological polar surface area (TPSA) is 69.1 Å². The number of carbonyl (C=O) groups is 2. The van der Waals surface area contributed by atoms with Crippen LogP contribution in [0.1, 0.15) is 45.1 Å².